The van der Waals surface area contributed by atoms with Crippen molar-refractivity contribution in [3.05, 3.63) is 72.1 Å². The zero-order chi connectivity index (χ0) is 19.7. The number of hydrogen-bond acceptors (Lipinski definition) is 8. The van der Waals surface area contributed by atoms with Gasteiger partial charge >= 0.3 is 0 Å². The Hall–Kier alpha value is -3.62. The first-order valence-electron chi connectivity index (χ1n) is 8.57. The monoisotopic (exact) mass is 374 g/mol. The van der Waals surface area contributed by atoms with Crippen molar-refractivity contribution in [3.8, 4) is 5.75 Å². The highest BCUT2D eigenvalue weighted by Gasteiger charge is 2.27. The maximum Gasteiger partial charge on any atom is 0.231 e. The standard InChI is InChI=1S/C20H18N6O2/c1-28-16-9-8-15(13-6-2-3-7-14(13)16)19-24-18(25-20(21)26(19)22)17(27)12-5-4-10-23-11-12/h2-11,20H,21-22H2,1H3. The number of benzene rings is 2. The summed E-state index contributed by atoms with van der Waals surface area (Å²) < 4.78 is 5.44. The van der Waals surface area contributed by atoms with Crippen LogP contribution in [0.1, 0.15) is 15.9 Å². The second kappa shape index (κ2) is 7.18. The SMILES string of the molecule is COc1ccc(C2=NC(C(=O)c3cccnc3)=NC(N)N2N)c2ccccc12. The van der Waals surface area contributed by atoms with Crippen LogP contribution in [0.4, 0.5) is 0 Å². The Morgan fingerprint density at radius 3 is 2.61 bits per heavy atom. The van der Waals surface area contributed by atoms with Crippen molar-refractivity contribution in [1.82, 2.24) is 9.99 Å². The molecule has 1 unspecified atom stereocenters. The lowest BCUT2D eigenvalue weighted by molar-refractivity contribution is 0.106. The van der Waals surface area contributed by atoms with Crippen molar-refractivity contribution in [1.29, 1.82) is 0 Å². The molecule has 4 N–H and O–H groups in total. The van der Waals surface area contributed by atoms with Crippen LogP contribution < -0.4 is 16.3 Å². The van der Waals surface area contributed by atoms with Gasteiger partial charge in [-0.05, 0) is 29.7 Å². The van der Waals surface area contributed by atoms with Gasteiger partial charge in [0, 0.05) is 28.9 Å². The van der Waals surface area contributed by atoms with Gasteiger partial charge < -0.3 is 4.74 Å². The van der Waals surface area contributed by atoms with Crippen LogP contribution >= 0.6 is 0 Å². The van der Waals surface area contributed by atoms with Gasteiger partial charge in [0.1, 0.15) is 5.75 Å². The number of hydrogen-bond donors (Lipinski definition) is 2. The molecule has 1 aliphatic heterocycles. The molecule has 0 saturated heterocycles. The first-order chi connectivity index (χ1) is 13.6. The molecule has 2 heterocycles. The maximum atomic E-state index is 12.8. The lowest BCUT2D eigenvalue weighted by Gasteiger charge is -2.28. The molecular formula is C20H18N6O2. The second-order valence-corrected chi connectivity index (χ2v) is 6.14. The van der Waals surface area contributed by atoms with Crippen LogP contribution in [0.2, 0.25) is 0 Å². The van der Waals surface area contributed by atoms with E-state index < -0.39 is 6.29 Å². The summed E-state index contributed by atoms with van der Waals surface area (Å²) in [6.45, 7) is 0. The van der Waals surface area contributed by atoms with Gasteiger partial charge in [-0.2, -0.15) is 0 Å². The summed E-state index contributed by atoms with van der Waals surface area (Å²) in [6, 6.07) is 14.7. The quantitative estimate of drug-likeness (QED) is 0.530. The highest BCUT2D eigenvalue weighted by atomic mass is 16.5. The molecule has 0 aliphatic carbocycles. The van der Waals surface area contributed by atoms with E-state index in [1.165, 1.54) is 11.2 Å². The van der Waals surface area contributed by atoms with Gasteiger partial charge in [0.05, 0.1) is 7.11 Å². The largest absolute Gasteiger partial charge is 0.496 e. The zero-order valence-corrected chi connectivity index (χ0v) is 15.1. The minimum atomic E-state index is -0.941. The third-order valence-electron chi connectivity index (χ3n) is 4.47. The number of aromatic nitrogens is 1. The molecule has 0 spiro atoms. The molecule has 1 atom stereocenters. The summed E-state index contributed by atoms with van der Waals surface area (Å²) in [7, 11) is 1.61. The van der Waals surface area contributed by atoms with Crippen LogP contribution in [-0.2, 0) is 0 Å². The third kappa shape index (κ3) is 3.00. The number of aliphatic imine (C=N–C) groups is 2. The lowest BCUT2D eigenvalue weighted by Crippen LogP contribution is -2.53. The molecule has 8 heteroatoms. The molecule has 28 heavy (non-hydrogen) atoms. The minimum absolute atomic E-state index is 0.0166. The van der Waals surface area contributed by atoms with E-state index in [9.17, 15) is 4.79 Å². The fraction of sp³-hybridized carbons (Fsp3) is 0.100. The van der Waals surface area contributed by atoms with Gasteiger partial charge in [-0.25, -0.2) is 15.8 Å². The van der Waals surface area contributed by atoms with Crippen molar-refractivity contribution in [2.45, 2.75) is 6.29 Å². The Morgan fingerprint density at radius 1 is 1.11 bits per heavy atom. The lowest BCUT2D eigenvalue weighted by atomic mass is 10.0. The van der Waals surface area contributed by atoms with Crippen molar-refractivity contribution >= 4 is 28.2 Å². The molecule has 8 nitrogen and oxygen atoms in total. The van der Waals surface area contributed by atoms with Gasteiger partial charge in [-0.3, -0.25) is 20.5 Å². The van der Waals surface area contributed by atoms with Crippen LogP contribution in [-0.4, -0.2) is 40.8 Å². The number of carbonyl (C=O) groups is 1. The Bertz CT molecular complexity index is 1110. The highest BCUT2D eigenvalue weighted by Crippen LogP contribution is 2.29. The number of ether oxygens (including phenoxy) is 1. The van der Waals surface area contributed by atoms with Gasteiger partial charge in [0.15, 0.2) is 12.1 Å². The molecule has 1 aliphatic rings. The molecule has 140 valence electrons. The van der Waals surface area contributed by atoms with Crippen molar-refractivity contribution < 1.29 is 9.53 Å². The number of nitrogens with zero attached hydrogens (tertiary/aromatic N) is 4. The summed E-state index contributed by atoms with van der Waals surface area (Å²) in [4.78, 5) is 25.3. The van der Waals surface area contributed by atoms with E-state index in [4.69, 9.17) is 16.3 Å². The number of carbonyl (C=O) groups excluding carboxylic acids is 1. The zero-order valence-electron chi connectivity index (χ0n) is 15.1. The molecule has 4 rings (SSSR count). The molecule has 2 aromatic carbocycles. The number of rotatable bonds is 4. The predicted molar refractivity (Wildman–Crippen MR) is 107 cm³/mol. The van der Waals surface area contributed by atoms with Crippen molar-refractivity contribution in [2.75, 3.05) is 7.11 Å². The Morgan fingerprint density at radius 2 is 1.89 bits per heavy atom. The van der Waals surface area contributed by atoms with E-state index in [2.05, 4.69) is 15.0 Å². The van der Waals surface area contributed by atoms with Crippen LogP contribution in [0.5, 0.6) is 5.75 Å². The fourth-order valence-electron chi connectivity index (χ4n) is 3.08. The Balaban J connectivity index is 1.85. The Kier molecular flexibility index (Phi) is 4.56. The predicted octanol–water partition coefficient (Wildman–Crippen LogP) is 1.70. The van der Waals surface area contributed by atoms with Crippen LogP contribution in [0.15, 0.2) is 70.9 Å². The molecular weight excluding hydrogens is 356 g/mol. The number of hydrazine groups is 1. The number of fused-ring (bicyclic) bond motifs is 1. The van der Waals surface area contributed by atoms with Crippen molar-refractivity contribution in [3.63, 3.8) is 0 Å². The third-order valence-corrected chi connectivity index (χ3v) is 4.47. The fourth-order valence-corrected chi connectivity index (χ4v) is 3.08. The van der Waals surface area contributed by atoms with E-state index in [1.807, 2.05) is 36.4 Å². The van der Waals surface area contributed by atoms with Crippen LogP contribution in [0.25, 0.3) is 10.8 Å². The summed E-state index contributed by atoms with van der Waals surface area (Å²) in [5.41, 5.74) is 7.15. The summed E-state index contributed by atoms with van der Waals surface area (Å²) in [5.74, 6) is 6.83. The summed E-state index contributed by atoms with van der Waals surface area (Å²) >= 11 is 0. The molecule has 0 amide bonds. The van der Waals surface area contributed by atoms with E-state index in [0.29, 0.717) is 11.4 Å². The normalized spacial score (nSPS) is 16.5. The minimum Gasteiger partial charge on any atom is -0.496 e. The molecule has 0 fully saturated rings. The molecule has 3 aromatic rings. The second-order valence-electron chi connectivity index (χ2n) is 6.14. The van der Waals surface area contributed by atoms with E-state index in [1.54, 1.807) is 25.4 Å². The van der Waals surface area contributed by atoms with Gasteiger partial charge in [0.2, 0.25) is 11.6 Å². The number of ketones is 1. The molecule has 0 bridgehead atoms. The first-order valence-corrected chi connectivity index (χ1v) is 8.57. The van der Waals surface area contributed by atoms with Crippen LogP contribution in [0, 0.1) is 0 Å². The van der Waals surface area contributed by atoms with E-state index in [0.717, 1.165) is 22.1 Å². The number of methoxy groups -OCH3 is 1. The van der Waals surface area contributed by atoms with E-state index in [-0.39, 0.29) is 11.6 Å². The number of Topliss-reactive ketones (excluding diaryl/α,β-unsaturated/α-hetero) is 1. The van der Waals surface area contributed by atoms with Crippen LogP contribution in [0.3, 0.4) is 0 Å². The smallest absolute Gasteiger partial charge is 0.231 e. The maximum absolute atomic E-state index is 12.8. The van der Waals surface area contributed by atoms with Crippen molar-refractivity contribution in [2.24, 2.45) is 21.6 Å². The first kappa shape index (κ1) is 17.8. The highest BCUT2D eigenvalue weighted by molar-refractivity contribution is 6.47. The molecule has 1 aromatic heterocycles. The molecule has 0 saturated carbocycles. The van der Waals surface area contributed by atoms with E-state index >= 15 is 0 Å². The van der Waals surface area contributed by atoms with Gasteiger partial charge in [0.25, 0.3) is 0 Å². The topological polar surface area (TPSA) is 119 Å². The summed E-state index contributed by atoms with van der Waals surface area (Å²) in [5, 5.41) is 3.02. The van der Waals surface area contributed by atoms with Gasteiger partial charge in [-0.1, -0.05) is 24.3 Å². The number of pyridine rings is 1. The number of amidine groups is 2. The average molecular weight is 374 g/mol. The molecule has 0 radical (unpaired) electrons. The number of nitrogens with two attached hydrogens (primary N) is 2. The Labute approximate surface area is 161 Å². The summed E-state index contributed by atoms with van der Waals surface area (Å²) in [6.07, 6.45) is 2.11. The van der Waals surface area contributed by atoms with Gasteiger partial charge in [-0.15, -0.1) is 0 Å². The average Bonchev–Trinajstić information content (AvgIpc) is 2.75.